The molecule has 0 radical (unpaired) electrons. The number of fused-ring (bicyclic) bond motifs is 6. The third kappa shape index (κ3) is 6.77. The third-order valence-electron chi connectivity index (χ3n) is 12.5. The molecule has 0 saturated heterocycles. The average molecular weight is 810 g/mol. The van der Waals surface area contributed by atoms with Crippen LogP contribution in [0.5, 0.6) is 0 Å². The summed E-state index contributed by atoms with van der Waals surface area (Å²) < 4.78 is 2.06. The molecule has 3 heterocycles. The van der Waals surface area contributed by atoms with E-state index in [-0.39, 0.29) is 12.0 Å². The van der Waals surface area contributed by atoms with Gasteiger partial charge in [0.05, 0.1) is 22.8 Å². The molecule has 0 saturated carbocycles. The van der Waals surface area contributed by atoms with Gasteiger partial charge in [-0.1, -0.05) is 170 Å². The van der Waals surface area contributed by atoms with E-state index in [0.717, 1.165) is 61.0 Å². The predicted octanol–water partition coefficient (Wildman–Crippen LogP) is 13.8. The molecular formula is C58H43N5. The largest absolute Gasteiger partial charge is 0.369 e. The molecule has 7 aromatic carbocycles. The fraction of sp³-hybridized carbons (Fsp3) is 0.0345. The highest BCUT2D eigenvalue weighted by Gasteiger charge is 2.38. The molecule has 9 aromatic rings. The van der Waals surface area contributed by atoms with Gasteiger partial charge in [0.1, 0.15) is 0 Å². The minimum absolute atomic E-state index is 0.148. The zero-order valence-electron chi connectivity index (χ0n) is 34.6. The Morgan fingerprint density at radius 1 is 0.619 bits per heavy atom. The lowest BCUT2D eigenvalue weighted by molar-refractivity contribution is 0.747. The summed E-state index contributed by atoms with van der Waals surface area (Å²) in [5, 5.41) is 2.24. The molecule has 5 nitrogen and oxygen atoms in total. The first-order valence-electron chi connectivity index (χ1n) is 21.4. The molecule has 0 spiro atoms. The number of allylic oxidation sites excluding steroid dienone is 4. The second-order valence-corrected chi connectivity index (χ2v) is 16.0. The lowest BCUT2D eigenvalue weighted by atomic mass is 9.86. The highest BCUT2D eigenvalue weighted by atomic mass is 15.2. The highest BCUT2D eigenvalue weighted by Crippen LogP contribution is 2.49. The number of aromatic nitrogens is 2. The van der Waals surface area contributed by atoms with Crippen molar-refractivity contribution in [1.29, 1.82) is 0 Å². The van der Waals surface area contributed by atoms with Gasteiger partial charge in [0.25, 0.3) is 0 Å². The van der Waals surface area contributed by atoms with E-state index >= 15 is 0 Å². The monoisotopic (exact) mass is 809 g/mol. The van der Waals surface area contributed by atoms with Crippen LogP contribution in [0.1, 0.15) is 22.6 Å². The van der Waals surface area contributed by atoms with E-state index < -0.39 is 0 Å². The Hall–Kier alpha value is -8.28. The van der Waals surface area contributed by atoms with Gasteiger partial charge < -0.3 is 10.6 Å². The molecule has 1 aliphatic carbocycles. The molecule has 2 unspecified atom stereocenters. The van der Waals surface area contributed by atoms with Gasteiger partial charge in [-0.15, -0.1) is 0 Å². The molecule has 0 bridgehead atoms. The number of hydrogen-bond donors (Lipinski definition) is 1. The van der Waals surface area contributed by atoms with Crippen molar-refractivity contribution in [3.05, 3.63) is 248 Å². The minimum Gasteiger partial charge on any atom is -0.369 e. The van der Waals surface area contributed by atoms with Crippen molar-refractivity contribution in [2.45, 2.75) is 12.0 Å². The molecule has 0 fully saturated rings. The van der Waals surface area contributed by atoms with Crippen molar-refractivity contribution in [2.24, 2.45) is 10.7 Å². The number of aliphatic imine (C=N–C) groups is 1. The van der Waals surface area contributed by atoms with E-state index in [1.165, 1.54) is 33.5 Å². The number of anilines is 2. The quantitative estimate of drug-likeness (QED) is 0.0945. The van der Waals surface area contributed by atoms with E-state index in [1.54, 1.807) is 0 Å². The van der Waals surface area contributed by atoms with Crippen LogP contribution in [0.4, 0.5) is 11.4 Å². The zero-order valence-corrected chi connectivity index (χ0v) is 34.6. The summed E-state index contributed by atoms with van der Waals surface area (Å²) in [5.41, 5.74) is 23.7. The van der Waals surface area contributed by atoms with Gasteiger partial charge in [0.2, 0.25) is 5.96 Å². The number of rotatable bonds is 8. The van der Waals surface area contributed by atoms with Crippen molar-refractivity contribution < 1.29 is 0 Å². The summed E-state index contributed by atoms with van der Waals surface area (Å²) in [6.45, 7) is 4.13. The van der Waals surface area contributed by atoms with Crippen molar-refractivity contribution >= 4 is 50.3 Å². The summed E-state index contributed by atoms with van der Waals surface area (Å²) in [6, 6.07) is 66.4. The van der Waals surface area contributed by atoms with Crippen LogP contribution >= 0.6 is 0 Å². The summed E-state index contributed by atoms with van der Waals surface area (Å²) in [5.74, 6) is 0.572. The highest BCUT2D eigenvalue weighted by molar-refractivity contribution is 6.14. The van der Waals surface area contributed by atoms with Crippen LogP contribution in [0, 0.1) is 0 Å². The van der Waals surface area contributed by atoms with Gasteiger partial charge in [-0.25, -0.2) is 4.99 Å². The van der Waals surface area contributed by atoms with Crippen LogP contribution in [0.2, 0.25) is 0 Å². The Kier molecular flexibility index (Phi) is 9.55. The molecule has 2 atom stereocenters. The van der Waals surface area contributed by atoms with Crippen LogP contribution < -0.4 is 10.6 Å². The molecule has 5 heteroatoms. The molecule has 2 aromatic heterocycles. The van der Waals surface area contributed by atoms with E-state index in [2.05, 4.69) is 209 Å². The predicted molar refractivity (Wildman–Crippen MR) is 264 cm³/mol. The second kappa shape index (κ2) is 16.0. The van der Waals surface area contributed by atoms with Crippen molar-refractivity contribution in [3.63, 3.8) is 0 Å². The maximum Gasteiger partial charge on any atom is 0.205 e. The lowest BCUT2D eigenvalue weighted by Gasteiger charge is -2.30. The van der Waals surface area contributed by atoms with Gasteiger partial charge in [-0.3, -0.25) is 9.55 Å². The molecule has 11 rings (SSSR count). The Bertz CT molecular complexity index is 3320. The van der Waals surface area contributed by atoms with Gasteiger partial charge in [-0.2, -0.15) is 0 Å². The first-order chi connectivity index (χ1) is 31.1. The maximum absolute atomic E-state index is 6.92. The number of nitrogens with zero attached hydrogens (tertiary/aromatic N) is 4. The van der Waals surface area contributed by atoms with Gasteiger partial charge in [0, 0.05) is 46.0 Å². The topological polar surface area (TPSA) is 59.4 Å². The molecule has 1 aliphatic heterocycles. The Morgan fingerprint density at radius 2 is 1.32 bits per heavy atom. The Balaban J connectivity index is 0.903. The average Bonchev–Trinajstić information content (AvgIpc) is 3.87. The molecule has 63 heavy (non-hydrogen) atoms. The summed E-state index contributed by atoms with van der Waals surface area (Å²) >= 11 is 0. The minimum atomic E-state index is 0.148. The number of pyridine rings is 1. The van der Waals surface area contributed by atoms with Gasteiger partial charge in [-0.05, 0) is 98.6 Å². The van der Waals surface area contributed by atoms with Crippen LogP contribution in [0.15, 0.2) is 236 Å². The van der Waals surface area contributed by atoms with Crippen LogP contribution in [0.3, 0.4) is 0 Å². The number of benzene rings is 7. The van der Waals surface area contributed by atoms with Crippen molar-refractivity contribution in [1.82, 2.24) is 9.55 Å². The van der Waals surface area contributed by atoms with E-state index in [0.29, 0.717) is 5.96 Å². The Morgan fingerprint density at radius 3 is 2.13 bits per heavy atom. The molecular weight excluding hydrogens is 767 g/mol. The zero-order chi connectivity index (χ0) is 42.3. The maximum atomic E-state index is 6.92. The fourth-order valence-electron chi connectivity index (χ4n) is 9.48. The van der Waals surface area contributed by atoms with Gasteiger partial charge >= 0.3 is 0 Å². The molecule has 300 valence electrons. The number of hydrogen-bond acceptors (Lipinski definition) is 3. The molecule has 0 amide bonds. The standard InChI is InChI=1S/C58H43N5/c1-2-39(40-26-28-42(29-27-40)48-20-7-6-19-47(48)41-15-4-3-5-16-41)38-61-58(59)63-55-25-11-9-22-50(55)52-37-44(31-33-57(52)63)43-30-32-56-51(36-43)49-21-8-10-24-54(49)62(56)46-18-14-17-45(35-46)53-23-12-13-34-60-53/h2-38,51,56H,1H2,(H2,59,61)/b39-38+. The number of nitrogens with two attached hydrogens (primary N) is 1. The third-order valence-corrected chi connectivity index (χ3v) is 12.5. The lowest BCUT2D eigenvalue weighted by Crippen LogP contribution is -2.29. The number of para-hydroxylation sites is 2. The van der Waals surface area contributed by atoms with E-state index in [4.69, 9.17) is 10.7 Å². The summed E-state index contributed by atoms with van der Waals surface area (Å²) in [6.07, 6.45) is 12.6. The fourth-order valence-corrected chi connectivity index (χ4v) is 9.48. The summed E-state index contributed by atoms with van der Waals surface area (Å²) in [7, 11) is 0. The summed E-state index contributed by atoms with van der Waals surface area (Å²) in [4.78, 5) is 12.0. The molecule has 2 aliphatic rings. The van der Waals surface area contributed by atoms with E-state index in [9.17, 15) is 0 Å². The molecule has 2 N–H and O–H groups in total. The van der Waals surface area contributed by atoms with Crippen LogP contribution in [-0.2, 0) is 0 Å². The van der Waals surface area contributed by atoms with Gasteiger partial charge in [0.15, 0.2) is 0 Å². The van der Waals surface area contributed by atoms with Crippen LogP contribution in [-0.4, -0.2) is 21.6 Å². The smallest absolute Gasteiger partial charge is 0.205 e. The van der Waals surface area contributed by atoms with E-state index in [1.807, 2.05) is 36.7 Å². The van der Waals surface area contributed by atoms with Crippen molar-refractivity contribution in [2.75, 3.05) is 4.90 Å². The first kappa shape index (κ1) is 37.7. The van der Waals surface area contributed by atoms with Crippen LogP contribution in [0.25, 0.3) is 66.5 Å². The Labute approximate surface area is 367 Å². The second-order valence-electron chi connectivity index (χ2n) is 16.0. The first-order valence-corrected chi connectivity index (χ1v) is 21.4. The normalized spacial score (nSPS) is 15.9. The van der Waals surface area contributed by atoms with Crippen molar-refractivity contribution in [3.8, 4) is 33.5 Å². The SMILES string of the molecule is C=C/C(=C\N=C(/N)n1c2ccccc2c2cc(C3=CC4c5ccccc5N(c5cccc(-c6ccccn6)c5)C4C=C3)ccc21)c1ccc(-c2ccccc2-c2ccccc2)cc1.